The summed E-state index contributed by atoms with van der Waals surface area (Å²) in [6, 6.07) is 0.621. The third kappa shape index (κ3) is 3.04. The number of carbonyl (C=O) groups excluding carboxylic acids is 1. The van der Waals surface area contributed by atoms with Gasteiger partial charge in [-0.05, 0) is 32.6 Å². The largest absolute Gasteiger partial charge is 0.393 e. The third-order valence-corrected chi connectivity index (χ3v) is 4.59. The van der Waals surface area contributed by atoms with Crippen molar-refractivity contribution in [3.8, 4) is 0 Å². The third-order valence-electron chi connectivity index (χ3n) is 4.59. The number of hydrogen-bond donors (Lipinski definition) is 1. The van der Waals surface area contributed by atoms with Gasteiger partial charge in [-0.15, -0.1) is 0 Å². The Morgan fingerprint density at radius 2 is 1.94 bits per heavy atom. The first-order valence-corrected chi connectivity index (χ1v) is 7.32. The lowest BCUT2D eigenvalue weighted by Gasteiger charge is -2.38. The summed E-state index contributed by atoms with van der Waals surface area (Å²) < 4.78 is 0. The average Bonchev–Trinajstić information content (AvgIpc) is 2.84. The number of piperazine rings is 1. The lowest BCUT2D eigenvalue weighted by Crippen LogP contribution is -2.52. The average molecular weight is 254 g/mol. The van der Waals surface area contributed by atoms with Gasteiger partial charge in [-0.3, -0.25) is 9.69 Å². The van der Waals surface area contributed by atoms with Crippen molar-refractivity contribution in [2.24, 2.45) is 5.92 Å². The number of rotatable bonds is 3. The maximum Gasteiger partial charge on any atom is 0.225 e. The number of aliphatic hydroxyl groups excluding tert-OH is 1. The van der Waals surface area contributed by atoms with Crippen molar-refractivity contribution in [3.63, 3.8) is 0 Å². The van der Waals surface area contributed by atoms with Crippen LogP contribution in [0.3, 0.4) is 0 Å². The van der Waals surface area contributed by atoms with Crippen molar-refractivity contribution in [1.82, 2.24) is 9.80 Å². The summed E-state index contributed by atoms with van der Waals surface area (Å²) >= 11 is 0. The Hall–Kier alpha value is -0.610. The summed E-state index contributed by atoms with van der Waals surface area (Å²) in [6.07, 6.45) is 3.25. The second-order valence-corrected chi connectivity index (χ2v) is 5.78. The molecule has 3 atom stereocenters. The molecule has 0 bridgehead atoms. The zero-order chi connectivity index (χ0) is 13.1. The second kappa shape index (κ2) is 6.02. The zero-order valence-electron chi connectivity index (χ0n) is 11.6. The Morgan fingerprint density at radius 3 is 2.44 bits per heavy atom. The molecule has 2 fully saturated rings. The molecule has 0 aromatic rings. The summed E-state index contributed by atoms with van der Waals surface area (Å²) in [4.78, 5) is 16.8. The molecule has 4 heteroatoms. The summed E-state index contributed by atoms with van der Waals surface area (Å²) in [5, 5.41) is 9.51. The van der Waals surface area contributed by atoms with E-state index in [1.807, 2.05) is 4.90 Å². The molecule has 3 unspecified atom stereocenters. The summed E-state index contributed by atoms with van der Waals surface area (Å²) in [5.41, 5.74) is 0. The first kappa shape index (κ1) is 13.8. The predicted molar refractivity (Wildman–Crippen MR) is 71.3 cm³/mol. The van der Waals surface area contributed by atoms with Crippen LogP contribution < -0.4 is 0 Å². The van der Waals surface area contributed by atoms with Gasteiger partial charge in [-0.1, -0.05) is 6.92 Å². The van der Waals surface area contributed by atoms with E-state index in [1.54, 1.807) is 0 Å². The van der Waals surface area contributed by atoms with Crippen molar-refractivity contribution < 1.29 is 9.90 Å². The van der Waals surface area contributed by atoms with Crippen molar-refractivity contribution in [3.05, 3.63) is 0 Å². The molecule has 104 valence electrons. The number of amides is 1. The molecule has 2 aliphatic rings. The molecular weight excluding hydrogens is 228 g/mol. The molecule has 1 N–H and O–H groups in total. The highest BCUT2D eigenvalue weighted by Crippen LogP contribution is 2.27. The molecule has 1 heterocycles. The number of nitrogens with zero attached hydrogens (tertiary/aromatic N) is 2. The molecule has 1 amide bonds. The molecule has 4 nitrogen and oxygen atoms in total. The molecule has 0 radical (unpaired) electrons. The van der Waals surface area contributed by atoms with Crippen molar-refractivity contribution in [1.29, 1.82) is 0 Å². The Kier molecular flexibility index (Phi) is 4.62. The van der Waals surface area contributed by atoms with E-state index in [-0.39, 0.29) is 17.9 Å². The Labute approximate surface area is 110 Å². The van der Waals surface area contributed by atoms with E-state index >= 15 is 0 Å². The fourth-order valence-electron chi connectivity index (χ4n) is 3.08. The van der Waals surface area contributed by atoms with Gasteiger partial charge in [-0.25, -0.2) is 0 Å². The van der Waals surface area contributed by atoms with E-state index < -0.39 is 0 Å². The van der Waals surface area contributed by atoms with E-state index in [0.29, 0.717) is 12.5 Å². The maximum atomic E-state index is 12.3. The lowest BCUT2D eigenvalue weighted by molar-refractivity contribution is -0.137. The minimum absolute atomic E-state index is 0.0788. The number of carbonyl (C=O) groups is 1. The highest BCUT2D eigenvalue weighted by Gasteiger charge is 2.33. The van der Waals surface area contributed by atoms with Crippen molar-refractivity contribution in [2.75, 3.05) is 26.2 Å². The van der Waals surface area contributed by atoms with E-state index in [4.69, 9.17) is 0 Å². The molecule has 1 saturated heterocycles. The number of hydrogen-bond acceptors (Lipinski definition) is 3. The van der Waals surface area contributed by atoms with Crippen LogP contribution >= 0.6 is 0 Å². The van der Waals surface area contributed by atoms with E-state index in [9.17, 15) is 9.90 Å². The molecule has 0 aromatic heterocycles. The number of aliphatic hydroxyl groups is 1. The van der Waals surface area contributed by atoms with Crippen LogP contribution in [0.1, 0.15) is 39.5 Å². The highest BCUT2D eigenvalue weighted by atomic mass is 16.3. The standard InChI is InChI=1S/C14H26N2O2/c1-3-11(2)15-6-8-16(9-7-15)14(18)12-4-5-13(17)10-12/h11-13,17H,3-10H2,1-2H3. The van der Waals surface area contributed by atoms with Crippen molar-refractivity contribution >= 4 is 5.91 Å². The quantitative estimate of drug-likeness (QED) is 0.820. The van der Waals surface area contributed by atoms with Gasteiger partial charge in [0.15, 0.2) is 0 Å². The van der Waals surface area contributed by atoms with Crippen LogP contribution in [0.4, 0.5) is 0 Å². The predicted octanol–water partition coefficient (Wildman–Crippen LogP) is 1.09. The summed E-state index contributed by atoms with van der Waals surface area (Å²) in [5.74, 6) is 0.352. The van der Waals surface area contributed by atoms with Crippen LogP contribution in [-0.2, 0) is 4.79 Å². The van der Waals surface area contributed by atoms with Crippen LogP contribution in [0.25, 0.3) is 0 Å². The minimum Gasteiger partial charge on any atom is -0.393 e. The van der Waals surface area contributed by atoms with Crippen LogP contribution in [0.15, 0.2) is 0 Å². The molecule has 2 rings (SSSR count). The fourth-order valence-corrected chi connectivity index (χ4v) is 3.08. The Balaban J connectivity index is 1.80. The fraction of sp³-hybridized carbons (Fsp3) is 0.929. The Bertz CT molecular complexity index is 288. The zero-order valence-corrected chi connectivity index (χ0v) is 11.6. The van der Waals surface area contributed by atoms with Gasteiger partial charge in [0.2, 0.25) is 5.91 Å². The van der Waals surface area contributed by atoms with Gasteiger partial charge in [0.25, 0.3) is 0 Å². The van der Waals surface area contributed by atoms with Gasteiger partial charge >= 0.3 is 0 Å². The lowest BCUT2D eigenvalue weighted by atomic mass is 10.1. The van der Waals surface area contributed by atoms with Crippen molar-refractivity contribution in [2.45, 2.75) is 51.7 Å². The van der Waals surface area contributed by atoms with E-state index in [1.165, 1.54) is 6.42 Å². The maximum absolute atomic E-state index is 12.3. The van der Waals surface area contributed by atoms with Gasteiger partial charge < -0.3 is 10.0 Å². The van der Waals surface area contributed by atoms with E-state index in [2.05, 4.69) is 18.7 Å². The SMILES string of the molecule is CCC(C)N1CCN(C(=O)C2CCC(O)C2)CC1. The van der Waals surface area contributed by atoms with Crippen LogP contribution in [0, 0.1) is 5.92 Å². The molecule has 1 aliphatic carbocycles. The molecule has 0 aromatic carbocycles. The smallest absolute Gasteiger partial charge is 0.225 e. The molecule has 1 aliphatic heterocycles. The van der Waals surface area contributed by atoms with Gasteiger partial charge in [-0.2, -0.15) is 0 Å². The Morgan fingerprint density at radius 1 is 1.28 bits per heavy atom. The highest BCUT2D eigenvalue weighted by molar-refractivity contribution is 5.79. The van der Waals surface area contributed by atoms with Crippen LogP contribution in [0.5, 0.6) is 0 Å². The molecule has 1 saturated carbocycles. The monoisotopic (exact) mass is 254 g/mol. The minimum atomic E-state index is -0.250. The normalized spacial score (nSPS) is 31.6. The molecule has 18 heavy (non-hydrogen) atoms. The first-order chi connectivity index (χ1) is 8.61. The summed E-state index contributed by atoms with van der Waals surface area (Å²) in [7, 11) is 0. The van der Waals surface area contributed by atoms with Crippen LogP contribution in [-0.4, -0.2) is 59.1 Å². The van der Waals surface area contributed by atoms with Gasteiger partial charge in [0, 0.05) is 38.1 Å². The molecule has 0 spiro atoms. The summed E-state index contributed by atoms with van der Waals surface area (Å²) in [6.45, 7) is 8.17. The van der Waals surface area contributed by atoms with Crippen LogP contribution in [0.2, 0.25) is 0 Å². The van der Waals surface area contributed by atoms with E-state index in [0.717, 1.165) is 39.0 Å². The van der Waals surface area contributed by atoms with Gasteiger partial charge in [0.1, 0.15) is 0 Å². The first-order valence-electron chi connectivity index (χ1n) is 7.32. The van der Waals surface area contributed by atoms with Gasteiger partial charge in [0.05, 0.1) is 6.10 Å². The topological polar surface area (TPSA) is 43.8 Å². The molecular formula is C14H26N2O2. The second-order valence-electron chi connectivity index (χ2n) is 5.78.